The van der Waals surface area contributed by atoms with E-state index in [2.05, 4.69) is 65.3 Å². The van der Waals surface area contributed by atoms with Gasteiger partial charge in [-0.25, -0.2) is 0 Å². The average Bonchev–Trinajstić information content (AvgIpc) is 2.23. The number of alkyl halides is 1. The predicted octanol–water partition coefficient (Wildman–Crippen LogP) is 4.04. The molecule has 0 saturated heterocycles. The van der Waals surface area contributed by atoms with E-state index < -0.39 is 0 Å². The molecule has 1 aromatic carbocycles. The quantitative estimate of drug-likeness (QED) is 0.659. The highest BCUT2D eigenvalue weighted by molar-refractivity contribution is 9.09. The molecule has 0 radical (unpaired) electrons. The molecule has 1 aliphatic carbocycles. The highest BCUT2D eigenvalue weighted by atomic mass is 79.9. The highest BCUT2D eigenvalue weighted by Gasteiger charge is 2.13. The van der Waals surface area contributed by atoms with Gasteiger partial charge in [0.1, 0.15) is 0 Å². The third kappa shape index (κ3) is 1.98. The molecule has 0 fully saturated rings. The van der Waals surface area contributed by atoms with Gasteiger partial charge in [-0.2, -0.15) is 0 Å². The molecule has 2 atom stereocenters. The van der Waals surface area contributed by atoms with Gasteiger partial charge in [0, 0.05) is 4.83 Å². The minimum absolute atomic E-state index is 0.461. The molecule has 2 unspecified atom stereocenters. The van der Waals surface area contributed by atoms with Crippen LogP contribution in [-0.4, -0.2) is 4.83 Å². The van der Waals surface area contributed by atoms with Crippen molar-refractivity contribution in [2.45, 2.75) is 11.8 Å². The molecule has 0 spiro atoms. The summed E-state index contributed by atoms with van der Waals surface area (Å²) >= 11 is 3.66. The largest absolute Gasteiger partial charge is 0.0839 e. The number of allylic oxidation sites excluding steroid dienone is 4. The standard InChI is InChI=1S/C13H13Br/c1-10-7-8-12(9-13(10)14)11-5-3-2-4-6-11/h2-10,13H,1H3. The fraction of sp³-hybridized carbons (Fsp3) is 0.231. The van der Waals surface area contributed by atoms with E-state index in [-0.39, 0.29) is 0 Å². The van der Waals surface area contributed by atoms with Crippen molar-refractivity contribution in [3.8, 4) is 0 Å². The third-order valence-corrected chi connectivity index (χ3v) is 3.63. The normalized spacial score (nSPS) is 26.0. The molecular formula is C13H13Br. The Kier molecular flexibility index (Phi) is 2.87. The zero-order valence-corrected chi connectivity index (χ0v) is 9.74. The molecule has 0 nitrogen and oxygen atoms in total. The second kappa shape index (κ2) is 4.14. The van der Waals surface area contributed by atoms with Crippen molar-refractivity contribution < 1.29 is 0 Å². The molecule has 1 aromatic rings. The first-order valence-corrected chi connectivity index (χ1v) is 5.78. The summed E-state index contributed by atoms with van der Waals surface area (Å²) in [5, 5.41) is 0. The number of rotatable bonds is 1. The van der Waals surface area contributed by atoms with Crippen LogP contribution in [0, 0.1) is 5.92 Å². The van der Waals surface area contributed by atoms with Crippen LogP contribution >= 0.6 is 15.9 Å². The van der Waals surface area contributed by atoms with Crippen LogP contribution in [0.3, 0.4) is 0 Å². The monoisotopic (exact) mass is 248 g/mol. The summed E-state index contributed by atoms with van der Waals surface area (Å²) in [6, 6.07) is 10.5. The molecule has 2 rings (SSSR count). The van der Waals surface area contributed by atoms with Crippen LogP contribution in [0.2, 0.25) is 0 Å². The number of hydrogen-bond donors (Lipinski definition) is 0. The van der Waals surface area contributed by atoms with Crippen molar-refractivity contribution in [3.63, 3.8) is 0 Å². The van der Waals surface area contributed by atoms with Gasteiger partial charge in [-0.3, -0.25) is 0 Å². The minimum atomic E-state index is 0.461. The van der Waals surface area contributed by atoms with Crippen molar-refractivity contribution in [1.82, 2.24) is 0 Å². The smallest absolute Gasteiger partial charge is 0.0394 e. The summed E-state index contributed by atoms with van der Waals surface area (Å²) in [7, 11) is 0. The fourth-order valence-corrected chi connectivity index (χ4v) is 2.02. The predicted molar refractivity (Wildman–Crippen MR) is 65.4 cm³/mol. The molecule has 0 aliphatic heterocycles. The Hall–Kier alpha value is -0.820. The molecule has 1 aliphatic rings. The van der Waals surface area contributed by atoms with E-state index >= 15 is 0 Å². The fourth-order valence-electron chi connectivity index (χ4n) is 1.56. The first kappa shape index (κ1) is 9.72. The number of halogens is 1. The topological polar surface area (TPSA) is 0 Å². The van der Waals surface area contributed by atoms with E-state index in [1.807, 2.05) is 6.07 Å². The molecular weight excluding hydrogens is 236 g/mol. The molecule has 0 bridgehead atoms. The van der Waals surface area contributed by atoms with Crippen molar-refractivity contribution >= 4 is 21.5 Å². The molecule has 0 amide bonds. The molecule has 1 heteroatoms. The van der Waals surface area contributed by atoms with Crippen molar-refractivity contribution in [1.29, 1.82) is 0 Å². The van der Waals surface area contributed by atoms with Gasteiger partial charge >= 0.3 is 0 Å². The Labute approximate surface area is 93.5 Å². The van der Waals surface area contributed by atoms with Crippen molar-refractivity contribution in [2.24, 2.45) is 5.92 Å². The van der Waals surface area contributed by atoms with Gasteiger partial charge in [0.25, 0.3) is 0 Å². The SMILES string of the molecule is CC1C=CC(c2ccccc2)=CC1Br. The molecule has 0 N–H and O–H groups in total. The van der Waals surface area contributed by atoms with E-state index in [4.69, 9.17) is 0 Å². The highest BCUT2D eigenvalue weighted by Crippen LogP contribution is 2.27. The zero-order chi connectivity index (χ0) is 9.97. The van der Waals surface area contributed by atoms with E-state index in [9.17, 15) is 0 Å². The lowest BCUT2D eigenvalue weighted by Crippen LogP contribution is -2.08. The van der Waals surface area contributed by atoms with Gasteiger partial charge in [0.15, 0.2) is 0 Å². The van der Waals surface area contributed by atoms with Crippen molar-refractivity contribution in [2.75, 3.05) is 0 Å². The van der Waals surface area contributed by atoms with Crippen molar-refractivity contribution in [3.05, 3.63) is 54.1 Å². The Balaban J connectivity index is 2.30. The third-order valence-electron chi connectivity index (χ3n) is 2.53. The first-order chi connectivity index (χ1) is 6.77. The van der Waals surface area contributed by atoms with Gasteiger partial charge in [-0.05, 0) is 17.1 Å². The number of hydrogen-bond acceptors (Lipinski definition) is 0. The van der Waals surface area contributed by atoms with E-state index in [0.717, 1.165) is 0 Å². The molecule has 0 aromatic heterocycles. The van der Waals surface area contributed by atoms with Crippen LogP contribution in [0.4, 0.5) is 0 Å². The molecule has 72 valence electrons. The Morgan fingerprint density at radius 2 is 1.86 bits per heavy atom. The van der Waals surface area contributed by atoms with Gasteiger partial charge < -0.3 is 0 Å². The summed E-state index contributed by atoms with van der Waals surface area (Å²) in [5.41, 5.74) is 2.60. The summed E-state index contributed by atoms with van der Waals surface area (Å²) in [5.74, 6) is 0.586. The van der Waals surface area contributed by atoms with Crippen LogP contribution in [0.25, 0.3) is 5.57 Å². The van der Waals surface area contributed by atoms with Gasteiger partial charge in [-0.1, -0.05) is 71.4 Å². The summed E-state index contributed by atoms with van der Waals surface area (Å²) in [6.07, 6.45) is 6.74. The van der Waals surface area contributed by atoms with Crippen LogP contribution in [0.15, 0.2) is 48.6 Å². The molecule has 0 heterocycles. The van der Waals surface area contributed by atoms with E-state index in [0.29, 0.717) is 10.7 Å². The second-order valence-corrected chi connectivity index (χ2v) is 4.71. The molecule has 0 saturated carbocycles. The van der Waals surface area contributed by atoms with E-state index in [1.165, 1.54) is 11.1 Å². The first-order valence-electron chi connectivity index (χ1n) is 4.87. The maximum Gasteiger partial charge on any atom is 0.0394 e. The number of benzene rings is 1. The lowest BCUT2D eigenvalue weighted by Gasteiger charge is -2.17. The maximum absolute atomic E-state index is 3.66. The Morgan fingerprint density at radius 1 is 1.14 bits per heavy atom. The van der Waals surface area contributed by atoms with Crippen LogP contribution < -0.4 is 0 Å². The van der Waals surface area contributed by atoms with Gasteiger partial charge in [0.2, 0.25) is 0 Å². The van der Waals surface area contributed by atoms with Crippen LogP contribution in [0.1, 0.15) is 12.5 Å². The summed E-state index contributed by atoms with van der Waals surface area (Å²) in [4.78, 5) is 0.461. The van der Waals surface area contributed by atoms with Gasteiger partial charge in [0.05, 0.1) is 0 Å². The zero-order valence-electron chi connectivity index (χ0n) is 8.15. The summed E-state index contributed by atoms with van der Waals surface area (Å²) < 4.78 is 0. The average molecular weight is 249 g/mol. The van der Waals surface area contributed by atoms with Gasteiger partial charge in [-0.15, -0.1) is 0 Å². The van der Waals surface area contributed by atoms with E-state index in [1.54, 1.807) is 0 Å². The second-order valence-electron chi connectivity index (χ2n) is 3.65. The molecule has 14 heavy (non-hydrogen) atoms. The van der Waals surface area contributed by atoms with Crippen LogP contribution in [-0.2, 0) is 0 Å². The van der Waals surface area contributed by atoms with Crippen LogP contribution in [0.5, 0.6) is 0 Å². The summed E-state index contributed by atoms with van der Waals surface area (Å²) in [6.45, 7) is 2.22. The maximum atomic E-state index is 3.66. The Bertz CT molecular complexity index is 362. The minimum Gasteiger partial charge on any atom is -0.0839 e. The lowest BCUT2D eigenvalue weighted by molar-refractivity contribution is 0.764. The Morgan fingerprint density at radius 3 is 2.50 bits per heavy atom. The lowest BCUT2D eigenvalue weighted by atomic mass is 9.94.